The van der Waals surface area contributed by atoms with Crippen LogP contribution in [0.4, 0.5) is 0 Å². The van der Waals surface area contributed by atoms with Gasteiger partial charge in [-0.15, -0.1) is 0 Å². The molecule has 0 aromatic carbocycles. The number of carbonyl (C=O) groups excluding carboxylic acids is 1. The third-order valence-corrected chi connectivity index (χ3v) is 2.69. The summed E-state index contributed by atoms with van der Waals surface area (Å²) in [7, 11) is 0. The van der Waals surface area contributed by atoms with Gasteiger partial charge in [-0.05, 0) is 26.3 Å². The highest BCUT2D eigenvalue weighted by Crippen LogP contribution is 2.06. The summed E-state index contributed by atoms with van der Waals surface area (Å²) in [4.78, 5) is 12.3. The maximum absolute atomic E-state index is 12.0. The first-order valence-electron chi connectivity index (χ1n) is 5.36. The topological polar surface area (TPSA) is 80.9 Å². The van der Waals surface area contributed by atoms with E-state index in [1.165, 1.54) is 0 Å². The van der Waals surface area contributed by atoms with E-state index in [2.05, 4.69) is 15.5 Å². The van der Waals surface area contributed by atoms with E-state index in [9.17, 15) is 4.79 Å². The zero-order chi connectivity index (χ0) is 13.0. The molecule has 92 valence electrons. The van der Waals surface area contributed by atoms with Gasteiger partial charge in [-0.3, -0.25) is 4.79 Å². The second-order valence-electron chi connectivity index (χ2n) is 3.82. The number of nitrogens with one attached hydrogen (secondary N) is 1. The molecule has 1 atom stereocenters. The van der Waals surface area contributed by atoms with Crippen LogP contribution in [0.25, 0.3) is 0 Å². The van der Waals surface area contributed by atoms with Crippen LogP contribution in [0, 0.1) is 13.8 Å². The minimum atomic E-state index is -0.287. The molecule has 0 bridgehead atoms. The quantitative estimate of drug-likeness (QED) is 0.778. The number of thiocarbonyl (C=S) groups is 1. The molecule has 1 rings (SSSR count). The summed E-state index contributed by atoms with van der Waals surface area (Å²) in [6.45, 7) is 5.43. The predicted molar refractivity (Wildman–Crippen MR) is 69.8 cm³/mol. The first-order chi connectivity index (χ1) is 7.95. The van der Waals surface area contributed by atoms with Crippen molar-refractivity contribution in [3.63, 3.8) is 0 Å². The molecule has 1 aromatic heterocycles. The van der Waals surface area contributed by atoms with Crippen molar-refractivity contribution in [1.29, 1.82) is 0 Å². The molecule has 1 aromatic rings. The van der Waals surface area contributed by atoms with Crippen molar-refractivity contribution in [3.05, 3.63) is 23.0 Å². The summed E-state index contributed by atoms with van der Waals surface area (Å²) in [6.07, 6.45) is 0.664. The fourth-order valence-electron chi connectivity index (χ4n) is 1.39. The van der Waals surface area contributed by atoms with Crippen LogP contribution in [0.3, 0.4) is 0 Å². The summed E-state index contributed by atoms with van der Waals surface area (Å²) >= 11 is 4.88. The molecule has 0 fully saturated rings. The summed E-state index contributed by atoms with van der Waals surface area (Å²) in [5.74, 6) is -0.222. The zero-order valence-corrected chi connectivity index (χ0v) is 11.0. The van der Waals surface area contributed by atoms with Crippen LogP contribution < -0.4 is 11.1 Å². The average Bonchev–Trinajstić information content (AvgIpc) is 2.28. The van der Waals surface area contributed by atoms with Gasteiger partial charge in [-0.1, -0.05) is 19.1 Å². The smallest absolute Gasteiger partial charge is 0.253 e. The van der Waals surface area contributed by atoms with Gasteiger partial charge in [-0.25, -0.2) is 0 Å². The van der Waals surface area contributed by atoms with Crippen LogP contribution in [-0.4, -0.2) is 27.1 Å². The van der Waals surface area contributed by atoms with Crippen LogP contribution in [0.15, 0.2) is 6.07 Å². The fraction of sp³-hybridized carbons (Fsp3) is 0.455. The third kappa shape index (κ3) is 3.45. The Kier molecular flexibility index (Phi) is 4.51. The van der Waals surface area contributed by atoms with Crippen molar-refractivity contribution in [1.82, 2.24) is 15.5 Å². The lowest BCUT2D eigenvalue weighted by molar-refractivity contribution is 0.0945. The molecular formula is C11H16N4OS. The van der Waals surface area contributed by atoms with E-state index in [0.717, 1.165) is 0 Å². The van der Waals surface area contributed by atoms with Gasteiger partial charge in [0.1, 0.15) is 0 Å². The molecule has 0 spiro atoms. The van der Waals surface area contributed by atoms with Crippen molar-refractivity contribution in [2.45, 2.75) is 33.2 Å². The average molecular weight is 252 g/mol. The molecule has 0 saturated heterocycles. The van der Waals surface area contributed by atoms with Crippen LogP contribution in [-0.2, 0) is 0 Å². The Morgan fingerprint density at radius 1 is 1.53 bits per heavy atom. The molecule has 17 heavy (non-hydrogen) atoms. The third-order valence-electron chi connectivity index (χ3n) is 2.40. The first-order valence-corrected chi connectivity index (χ1v) is 5.77. The fourth-order valence-corrected chi connectivity index (χ4v) is 1.62. The van der Waals surface area contributed by atoms with Crippen molar-refractivity contribution >= 4 is 23.1 Å². The normalized spacial score (nSPS) is 11.9. The second kappa shape index (κ2) is 5.67. The number of nitrogens with zero attached hydrogens (tertiary/aromatic N) is 2. The minimum absolute atomic E-state index is 0.222. The van der Waals surface area contributed by atoms with Crippen LogP contribution in [0.5, 0.6) is 0 Å². The number of aromatic nitrogens is 2. The maximum Gasteiger partial charge on any atom is 0.253 e. The second-order valence-corrected chi connectivity index (χ2v) is 4.29. The molecule has 0 radical (unpaired) electrons. The summed E-state index contributed by atoms with van der Waals surface area (Å²) in [5, 5.41) is 10.6. The first kappa shape index (κ1) is 13.5. The Labute approximate surface area is 106 Å². The molecule has 0 aliphatic rings. The Hall–Kier alpha value is -1.56. The molecule has 0 saturated carbocycles. The Balaban J connectivity index is 2.89. The summed E-state index contributed by atoms with van der Waals surface area (Å²) in [6, 6.07) is 1.41. The van der Waals surface area contributed by atoms with Gasteiger partial charge in [0.15, 0.2) is 0 Å². The van der Waals surface area contributed by atoms with Crippen molar-refractivity contribution in [2.24, 2.45) is 5.73 Å². The van der Waals surface area contributed by atoms with Crippen LogP contribution >= 0.6 is 12.2 Å². The SMILES string of the molecule is CCC(NC(=O)c1cc(C)nnc1C)C(N)=S. The lowest BCUT2D eigenvalue weighted by Gasteiger charge is -2.15. The molecule has 5 nitrogen and oxygen atoms in total. The van der Waals surface area contributed by atoms with Gasteiger partial charge in [-0.2, -0.15) is 10.2 Å². The number of rotatable bonds is 4. The standard InChI is InChI=1S/C11H16N4OS/c1-4-9(10(12)17)13-11(16)8-5-6(2)14-15-7(8)3/h5,9H,4H2,1-3H3,(H2,12,17)(H,13,16). The molecule has 1 amide bonds. The van der Waals surface area contributed by atoms with Gasteiger partial charge in [0, 0.05) is 0 Å². The number of hydrogen-bond donors (Lipinski definition) is 2. The Morgan fingerprint density at radius 3 is 2.71 bits per heavy atom. The molecule has 1 heterocycles. The Morgan fingerprint density at radius 2 is 2.18 bits per heavy atom. The van der Waals surface area contributed by atoms with Crippen LogP contribution in [0.2, 0.25) is 0 Å². The van der Waals surface area contributed by atoms with Gasteiger partial charge in [0.05, 0.1) is 28.0 Å². The van der Waals surface area contributed by atoms with E-state index in [1.54, 1.807) is 19.9 Å². The highest BCUT2D eigenvalue weighted by molar-refractivity contribution is 7.80. The van der Waals surface area contributed by atoms with E-state index in [4.69, 9.17) is 18.0 Å². The highest BCUT2D eigenvalue weighted by atomic mass is 32.1. The number of aryl methyl sites for hydroxylation is 2. The summed E-state index contributed by atoms with van der Waals surface area (Å²) in [5.41, 5.74) is 7.32. The van der Waals surface area contributed by atoms with E-state index >= 15 is 0 Å². The molecule has 3 N–H and O–H groups in total. The zero-order valence-electron chi connectivity index (χ0n) is 10.2. The monoisotopic (exact) mass is 252 g/mol. The lowest BCUT2D eigenvalue weighted by Crippen LogP contribution is -2.43. The maximum atomic E-state index is 12.0. The van der Waals surface area contributed by atoms with Gasteiger partial charge < -0.3 is 11.1 Å². The molecule has 0 aliphatic heterocycles. The van der Waals surface area contributed by atoms with Crippen molar-refractivity contribution in [2.75, 3.05) is 0 Å². The number of hydrogen-bond acceptors (Lipinski definition) is 4. The van der Waals surface area contributed by atoms with Gasteiger partial charge in [0.25, 0.3) is 5.91 Å². The molecule has 6 heteroatoms. The molecule has 0 aliphatic carbocycles. The lowest BCUT2D eigenvalue weighted by atomic mass is 10.1. The number of nitrogens with two attached hydrogens (primary N) is 1. The van der Waals surface area contributed by atoms with Crippen molar-refractivity contribution in [3.8, 4) is 0 Å². The van der Waals surface area contributed by atoms with E-state index in [1.807, 2.05) is 6.92 Å². The largest absolute Gasteiger partial charge is 0.392 e. The van der Waals surface area contributed by atoms with E-state index in [0.29, 0.717) is 23.4 Å². The molecule has 1 unspecified atom stereocenters. The highest BCUT2D eigenvalue weighted by Gasteiger charge is 2.16. The predicted octanol–water partition coefficient (Wildman–Crippen LogP) is 0.888. The van der Waals surface area contributed by atoms with Gasteiger partial charge in [0.2, 0.25) is 0 Å². The molecular weight excluding hydrogens is 236 g/mol. The van der Waals surface area contributed by atoms with Gasteiger partial charge >= 0.3 is 0 Å². The van der Waals surface area contributed by atoms with E-state index in [-0.39, 0.29) is 16.9 Å². The van der Waals surface area contributed by atoms with Crippen molar-refractivity contribution < 1.29 is 4.79 Å². The minimum Gasteiger partial charge on any atom is -0.392 e. The van der Waals surface area contributed by atoms with Crippen LogP contribution in [0.1, 0.15) is 35.1 Å². The number of amides is 1. The number of carbonyl (C=O) groups is 1. The van der Waals surface area contributed by atoms with E-state index < -0.39 is 0 Å². The Bertz CT molecular complexity index is 447. The summed E-state index contributed by atoms with van der Waals surface area (Å²) < 4.78 is 0.